The normalized spacial score (nSPS) is 23.1. The number of hydrogen-bond acceptors (Lipinski definition) is 7. The van der Waals surface area contributed by atoms with Crippen LogP contribution in [0.1, 0.15) is 43.4 Å². The summed E-state index contributed by atoms with van der Waals surface area (Å²) in [5.74, 6) is -0.234. The number of ether oxygens (including phenoxy) is 2. The Hall–Kier alpha value is -3.27. The molecule has 4 unspecified atom stereocenters. The number of nitrogens with two attached hydrogens (primary N) is 1. The number of hydrogen-bond donors (Lipinski definition) is 3. The van der Waals surface area contributed by atoms with E-state index in [2.05, 4.69) is 11.4 Å². The van der Waals surface area contributed by atoms with Crippen molar-refractivity contribution in [3.8, 4) is 0 Å². The molecule has 2 aromatic rings. The molecule has 0 saturated carbocycles. The van der Waals surface area contributed by atoms with Gasteiger partial charge in [0.25, 0.3) is 0 Å². The molecule has 0 aliphatic carbocycles. The minimum absolute atomic E-state index is 0.164. The number of carbonyl (C=O) groups excluding carboxylic acids is 2. The Morgan fingerprint density at radius 2 is 1.95 bits per heavy atom. The summed E-state index contributed by atoms with van der Waals surface area (Å²) < 4.78 is 12.1. The molecule has 0 bridgehead atoms. The first-order valence-corrected chi connectivity index (χ1v) is 13.6. The molecule has 0 aromatic heterocycles. The third-order valence-electron chi connectivity index (χ3n) is 7.37. The highest BCUT2D eigenvalue weighted by Gasteiger charge is 2.44. The summed E-state index contributed by atoms with van der Waals surface area (Å²) >= 11 is 0. The van der Waals surface area contributed by atoms with E-state index in [9.17, 15) is 14.7 Å². The fourth-order valence-electron chi connectivity index (χ4n) is 5.14. The quantitative estimate of drug-likeness (QED) is 0.404. The van der Waals surface area contributed by atoms with Gasteiger partial charge in [0.2, 0.25) is 17.7 Å². The first-order valence-electron chi connectivity index (χ1n) is 13.6. The average Bonchev–Trinajstić information content (AvgIpc) is 3.58. The lowest BCUT2D eigenvalue weighted by molar-refractivity contribution is -0.141. The Bertz CT molecular complexity index is 1170. The monoisotopic (exact) mass is 536 g/mol. The fraction of sp³-hybridized carbons (Fsp3) is 0.500. The number of amides is 2. The molecule has 39 heavy (non-hydrogen) atoms. The van der Waals surface area contributed by atoms with Gasteiger partial charge < -0.3 is 30.5 Å². The molecule has 9 heteroatoms. The zero-order valence-electron chi connectivity index (χ0n) is 23.0. The Morgan fingerprint density at radius 3 is 2.64 bits per heavy atom. The van der Waals surface area contributed by atoms with E-state index in [-0.39, 0.29) is 25.2 Å². The lowest BCUT2D eigenvalue weighted by Gasteiger charge is -2.32. The van der Waals surface area contributed by atoms with E-state index in [4.69, 9.17) is 20.2 Å². The number of aryl methyl sites for hydroxylation is 1. The van der Waals surface area contributed by atoms with Gasteiger partial charge in [-0.25, -0.2) is 4.99 Å². The van der Waals surface area contributed by atoms with Crippen LogP contribution >= 0.6 is 0 Å². The largest absolute Gasteiger partial charge is 0.477 e. The molecule has 0 radical (unpaired) electrons. The summed E-state index contributed by atoms with van der Waals surface area (Å²) in [6.07, 6.45) is 1.39. The zero-order valence-corrected chi connectivity index (χ0v) is 23.0. The lowest BCUT2D eigenvalue weighted by Crippen LogP contribution is -2.58. The van der Waals surface area contributed by atoms with Crippen molar-refractivity contribution in [2.45, 2.75) is 76.4 Å². The number of aliphatic hydroxyl groups excluding tert-OH is 1. The Balaban J connectivity index is 1.52. The van der Waals surface area contributed by atoms with Crippen molar-refractivity contribution in [1.29, 1.82) is 0 Å². The van der Waals surface area contributed by atoms with Crippen LogP contribution in [0.2, 0.25) is 0 Å². The first-order chi connectivity index (χ1) is 18.7. The Kier molecular flexibility index (Phi) is 9.37. The predicted octanol–water partition coefficient (Wildman–Crippen LogP) is 2.13. The number of aliphatic hydroxyl groups is 1. The molecule has 1 saturated heterocycles. The highest BCUT2D eigenvalue weighted by molar-refractivity contribution is 5.94. The van der Waals surface area contributed by atoms with Gasteiger partial charge in [0.05, 0.1) is 25.4 Å². The van der Waals surface area contributed by atoms with Crippen LogP contribution in [0.25, 0.3) is 0 Å². The smallest absolute Gasteiger partial charge is 0.248 e. The maximum absolute atomic E-state index is 13.9. The van der Waals surface area contributed by atoms with Gasteiger partial charge in [-0.2, -0.15) is 0 Å². The Labute approximate surface area is 230 Å². The molecule has 210 valence electrons. The van der Waals surface area contributed by atoms with Crippen LogP contribution in [-0.2, 0) is 32.1 Å². The molecule has 2 aliphatic rings. The number of rotatable bonds is 11. The molecule has 0 spiro atoms. The molecule has 1 fully saturated rings. The number of aliphatic imine (C=N–C) groups is 1. The van der Waals surface area contributed by atoms with Gasteiger partial charge in [-0.15, -0.1) is 0 Å². The van der Waals surface area contributed by atoms with E-state index in [1.54, 1.807) is 18.7 Å². The lowest BCUT2D eigenvalue weighted by atomic mass is 9.93. The highest BCUT2D eigenvalue weighted by atomic mass is 16.5. The minimum atomic E-state index is -0.926. The maximum atomic E-state index is 13.9. The van der Waals surface area contributed by atoms with Gasteiger partial charge >= 0.3 is 0 Å². The second kappa shape index (κ2) is 12.7. The fourth-order valence-corrected chi connectivity index (χ4v) is 5.14. The number of likely N-dealkylation sites (tertiary alicyclic amines) is 1. The molecule has 4 N–H and O–H groups in total. The van der Waals surface area contributed by atoms with Crippen molar-refractivity contribution in [3.05, 3.63) is 71.3 Å². The van der Waals surface area contributed by atoms with E-state index in [0.29, 0.717) is 31.9 Å². The van der Waals surface area contributed by atoms with Crippen molar-refractivity contribution in [3.63, 3.8) is 0 Å². The molecule has 9 nitrogen and oxygen atoms in total. The van der Waals surface area contributed by atoms with Crippen LogP contribution in [0.15, 0.2) is 59.6 Å². The standard InChI is InChI=1S/C30H40N4O5/c1-20-9-7-12-24(15-20)16-30(18-35)19-39-28(33-30)25-13-8-14-34(25)29(37)26(32-27(36)21(2)31)22(3)38-17-23-10-5-4-6-11-23/h4-7,9-12,15,21-22,25-26,35H,8,13-14,16-19,31H2,1-3H3,(H,32,36)/t21?,22?,25?,26?,30-/m0/s1. The van der Waals surface area contributed by atoms with E-state index in [1.807, 2.05) is 55.5 Å². The third kappa shape index (κ3) is 7.03. The topological polar surface area (TPSA) is 126 Å². The molecule has 2 heterocycles. The number of benzene rings is 2. The van der Waals surface area contributed by atoms with Gasteiger partial charge in [0.15, 0.2) is 0 Å². The van der Waals surface area contributed by atoms with Crippen molar-refractivity contribution >= 4 is 17.7 Å². The van der Waals surface area contributed by atoms with Crippen molar-refractivity contribution in [2.24, 2.45) is 10.7 Å². The van der Waals surface area contributed by atoms with Crippen molar-refractivity contribution < 1.29 is 24.2 Å². The van der Waals surface area contributed by atoms with E-state index < -0.39 is 29.6 Å². The molecule has 5 atom stereocenters. The van der Waals surface area contributed by atoms with Gasteiger partial charge in [-0.3, -0.25) is 9.59 Å². The number of nitrogens with one attached hydrogen (secondary N) is 1. The maximum Gasteiger partial charge on any atom is 0.248 e. The molecule has 4 rings (SSSR count). The summed E-state index contributed by atoms with van der Waals surface area (Å²) in [5, 5.41) is 13.1. The van der Waals surface area contributed by atoms with Crippen LogP contribution in [0.5, 0.6) is 0 Å². The molecular weight excluding hydrogens is 496 g/mol. The Morgan fingerprint density at radius 1 is 1.21 bits per heavy atom. The van der Waals surface area contributed by atoms with Crippen LogP contribution in [0, 0.1) is 6.92 Å². The van der Waals surface area contributed by atoms with Crippen molar-refractivity contribution in [1.82, 2.24) is 10.2 Å². The molecule has 2 aliphatic heterocycles. The van der Waals surface area contributed by atoms with Crippen LogP contribution in [0.3, 0.4) is 0 Å². The summed E-state index contributed by atoms with van der Waals surface area (Å²) in [7, 11) is 0. The van der Waals surface area contributed by atoms with E-state index >= 15 is 0 Å². The van der Waals surface area contributed by atoms with Crippen LogP contribution in [0.4, 0.5) is 0 Å². The van der Waals surface area contributed by atoms with Crippen LogP contribution < -0.4 is 11.1 Å². The molecular formula is C30H40N4O5. The summed E-state index contributed by atoms with van der Waals surface area (Å²) in [4.78, 5) is 33.1. The summed E-state index contributed by atoms with van der Waals surface area (Å²) in [6.45, 7) is 6.27. The van der Waals surface area contributed by atoms with E-state index in [0.717, 1.165) is 23.1 Å². The first kappa shape index (κ1) is 28.7. The molecule has 2 aromatic carbocycles. The van der Waals surface area contributed by atoms with Gasteiger partial charge in [-0.1, -0.05) is 60.2 Å². The third-order valence-corrected chi connectivity index (χ3v) is 7.37. The minimum Gasteiger partial charge on any atom is -0.477 e. The zero-order chi connectivity index (χ0) is 28.0. The predicted molar refractivity (Wildman–Crippen MR) is 149 cm³/mol. The van der Waals surface area contributed by atoms with Gasteiger partial charge in [0, 0.05) is 13.0 Å². The number of carbonyl (C=O) groups is 2. The number of nitrogens with zero attached hydrogens (tertiary/aromatic N) is 2. The van der Waals surface area contributed by atoms with E-state index in [1.165, 1.54) is 0 Å². The SMILES string of the molecule is Cc1cccc(C[C@]2(CO)COC(C3CCCN3C(=O)C(NC(=O)C(C)N)C(C)OCc3ccccc3)=N2)c1. The second-order valence-corrected chi connectivity index (χ2v) is 10.8. The van der Waals surface area contributed by atoms with Gasteiger partial charge in [0.1, 0.15) is 24.2 Å². The van der Waals surface area contributed by atoms with Crippen LogP contribution in [-0.4, -0.2) is 77.2 Å². The van der Waals surface area contributed by atoms with Gasteiger partial charge in [-0.05, 0) is 44.7 Å². The average molecular weight is 537 g/mol. The summed E-state index contributed by atoms with van der Waals surface area (Å²) in [6, 6.07) is 15.7. The molecule has 2 amide bonds. The highest BCUT2D eigenvalue weighted by Crippen LogP contribution is 2.30. The van der Waals surface area contributed by atoms with Crippen molar-refractivity contribution in [2.75, 3.05) is 19.8 Å². The summed E-state index contributed by atoms with van der Waals surface area (Å²) in [5.41, 5.74) is 8.19. The second-order valence-electron chi connectivity index (χ2n) is 10.8.